The fraction of sp³-hybridized carbons (Fsp3) is 0.222. The van der Waals surface area contributed by atoms with Gasteiger partial charge in [-0.3, -0.25) is 9.35 Å². The maximum atomic E-state index is 11.3. The predicted molar refractivity (Wildman–Crippen MR) is 55.8 cm³/mol. The van der Waals surface area contributed by atoms with Gasteiger partial charge in [0, 0.05) is 11.6 Å². The van der Waals surface area contributed by atoms with Gasteiger partial charge in [-0.15, -0.1) is 0 Å². The molecule has 0 bridgehead atoms. The molecule has 0 amide bonds. The summed E-state index contributed by atoms with van der Waals surface area (Å²) >= 11 is 0. The molecule has 1 unspecified atom stereocenters. The van der Waals surface area contributed by atoms with Crippen LogP contribution in [0, 0.1) is 0 Å². The van der Waals surface area contributed by atoms with Gasteiger partial charge in [-0.2, -0.15) is 8.42 Å². The summed E-state index contributed by atoms with van der Waals surface area (Å²) in [6.07, 6.45) is 0. The summed E-state index contributed by atoms with van der Waals surface area (Å²) in [4.78, 5) is 11.3. The molecule has 94 valence electrons. The molecule has 0 saturated heterocycles. The molecule has 1 atom stereocenters. The lowest BCUT2D eigenvalue weighted by Gasteiger charge is -2.11. The lowest BCUT2D eigenvalue weighted by molar-refractivity contribution is -0.135. The molecule has 7 nitrogen and oxygen atoms in total. The van der Waals surface area contributed by atoms with Gasteiger partial charge >= 0.3 is 16.4 Å². The number of hydrogen-bond acceptors (Lipinski definition) is 6. The van der Waals surface area contributed by atoms with Crippen LogP contribution in [0.2, 0.25) is 0 Å². The highest BCUT2D eigenvalue weighted by molar-refractivity contribution is 7.81. The first-order valence-electron chi connectivity index (χ1n) is 4.43. The maximum absolute atomic E-state index is 11.3. The number of aromatic hydroxyl groups is 2. The van der Waals surface area contributed by atoms with E-state index in [9.17, 15) is 18.3 Å². The molecule has 0 fully saturated rings. The Bertz CT molecular complexity index is 534. The van der Waals surface area contributed by atoms with Crippen LogP contribution in [-0.2, 0) is 19.4 Å². The van der Waals surface area contributed by atoms with E-state index in [0.29, 0.717) is 0 Å². The van der Waals surface area contributed by atoms with Crippen LogP contribution in [0.1, 0.15) is 18.4 Å². The van der Waals surface area contributed by atoms with Crippen molar-refractivity contribution in [3.8, 4) is 11.5 Å². The lowest BCUT2D eigenvalue weighted by atomic mass is 10.0. The Morgan fingerprint density at radius 2 is 1.94 bits per heavy atom. The minimum atomic E-state index is -4.88. The van der Waals surface area contributed by atoms with Crippen LogP contribution in [0.3, 0.4) is 0 Å². The molecule has 8 heteroatoms. The van der Waals surface area contributed by atoms with Gasteiger partial charge in [0.15, 0.2) is 0 Å². The second-order valence-electron chi connectivity index (χ2n) is 3.29. The smallest absolute Gasteiger partial charge is 0.448 e. The van der Waals surface area contributed by atoms with Gasteiger partial charge in [-0.25, -0.2) is 0 Å². The van der Waals surface area contributed by atoms with Crippen molar-refractivity contribution in [3.63, 3.8) is 0 Å². The molecule has 17 heavy (non-hydrogen) atoms. The third-order valence-corrected chi connectivity index (χ3v) is 2.40. The van der Waals surface area contributed by atoms with Gasteiger partial charge < -0.3 is 14.4 Å². The molecule has 0 aliphatic rings. The zero-order valence-corrected chi connectivity index (χ0v) is 9.51. The second-order valence-corrected chi connectivity index (χ2v) is 4.32. The Morgan fingerprint density at radius 1 is 1.35 bits per heavy atom. The van der Waals surface area contributed by atoms with E-state index < -0.39 is 22.3 Å². The van der Waals surface area contributed by atoms with E-state index in [1.165, 1.54) is 19.1 Å². The molecule has 1 aromatic carbocycles. The van der Waals surface area contributed by atoms with Crippen molar-refractivity contribution in [1.29, 1.82) is 0 Å². The number of phenols is 2. The number of carbonyl (C=O) groups is 1. The van der Waals surface area contributed by atoms with Crippen molar-refractivity contribution < 1.29 is 32.2 Å². The molecule has 0 radical (unpaired) electrons. The van der Waals surface area contributed by atoms with Gasteiger partial charge in [-0.1, -0.05) is 6.07 Å². The molecule has 3 N–H and O–H groups in total. The van der Waals surface area contributed by atoms with Gasteiger partial charge in [0.25, 0.3) is 0 Å². The van der Waals surface area contributed by atoms with E-state index in [0.717, 1.165) is 6.07 Å². The maximum Gasteiger partial charge on any atom is 0.448 e. The molecule has 1 aromatic rings. The Kier molecular flexibility index (Phi) is 3.59. The van der Waals surface area contributed by atoms with Crippen molar-refractivity contribution >= 4 is 16.4 Å². The predicted octanol–water partition coefficient (Wildman–Crippen LogP) is 0.547. The zero-order chi connectivity index (χ0) is 13.2. The molecular formula is C9H10O7S. The molecule has 1 rings (SSSR count). The van der Waals surface area contributed by atoms with E-state index in [-0.39, 0.29) is 17.1 Å². The molecule has 0 heterocycles. The van der Waals surface area contributed by atoms with Crippen LogP contribution in [0.25, 0.3) is 0 Å². The summed E-state index contributed by atoms with van der Waals surface area (Å²) in [7, 11) is -4.88. The summed E-state index contributed by atoms with van der Waals surface area (Å²) in [5.74, 6) is -2.95. The fourth-order valence-electron chi connectivity index (χ4n) is 1.20. The lowest BCUT2D eigenvalue weighted by Crippen LogP contribution is -2.17. The van der Waals surface area contributed by atoms with Crippen molar-refractivity contribution in [2.45, 2.75) is 12.8 Å². The highest BCUT2D eigenvalue weighted by Gasteiger charge is 2.24. The summed E-state index contributed by atoms with van der Waals surface area (Å²) in [5, 5.41) is 18.5. The molecule has 0 spiro atoms. The van der Waals surface area contributed by atoms with Gasteiger partial charge in [-0.05, 0) is 13.0 Å². The Hall–Kier alpha value is -1.80. The van der Waals surface area contributed by atoms with Crippen molar-refractivity contribution in [2.24, 2.45) is 0 Å². The Balaban J connectivity index is 2.97. The third-order valence-electron chi connectivity index (χ3n) is 2.02. The number of hydrogen-bond donors (Lipinski definition) is 3. The monoisotopic (exact) mass is 262 g/mol. The van der Waals surface area contributed by atoms with Crippen molar-refractivity contribution in [3.05, 3.63) is 23.8 Å². The van der Waals surface area contributed by atoms with Crippen molar-refractivity contribution in [1.82, 2.24) is 0 Å². The first kappa shape index (κ1) is 13.3. The van der Waals surface area contributed by atoms with Crippen molar-refractivity contribution in [2.75, 3.05) is 0 Å². The van der Waals surface area contributed by atoms with E-state index in [4.69, 9.17) is 9.66 Å². The van der Waals surface area contributed by atoms with Crippen LogP contribution >= 0.6 is 0 Å². The minimum absolute atomic E-state index is 0.0662. The number of rotatable bonds is 3. The average molecular weight is 262 g/mol. The minimum Gasteiger partial charge on any atom is -0.508 e. The van der Waals surface area contributed by atoms with Gasteiger partial charge in [0.2, 0.25) is 0 Å². The van der Waals surface area contributed by atoms with Crippen LogP contribution in [0.4, 0.5) is 0 Å². The molecule has 0 aliphatic carbocycles. The molecular weight excluding hydrogens is 252 g/mol. The standard InChI is InChI=1S/C9H10O7S/c1-5(9(12)16-17(13,14)15)7-3-2-6(10)4-8(7)11/h2-5,10-11H,1H3,(H,13,14,15). The van der Waals surface area contributed by atoms with Crippen LogP contribution in [-0.4, -0.2) is 29.2 Å². The SMILES string of the molecule is CC(C(=O)OS(=O)(=O)O)c1ccc(O)cc1O. The summed E-state index contributed by atoms with van der Waals surface area (Å²) in [6, 6.07) is 3.44. The zero-order valence-electron chi connectivity index (χ0n) is 8.69. The largest absolute Gasteiger partial charge is 0.508 e. The second kappa shape index (κ2) is 4.60. The van der Waals surface area contributed by atoms with E-state index >= 15 is 0 Å². The van der Waals surface area contributed by atoms with Crippen LogP contribution in [0.5, 0.6) is 11.5 Å². The first-order chi connectivity index (χ1) is 7.70. The highest BCUT2D eigenvalue weighted by atomic mass is 32.3. The topological polar surface area (TPSA) is 121 Å². The Labute approximate surface area is 97.2 Å². The van der Waals surface area contributed by atoms with Gasteiger partial charge in [0.05, 0.1) is 5.92 Å². The van der Waals surface area contributed by atoms with E-state index in [2.05, 4.69) is 4.18 Å². The van der Waals surface area contributed by atoms with Crippen LogP contribution < -0.4 is 0 Å². The highest BCUT2D eigenvalue weighted by Crippen LogP contribution is 2.29. The fourth-order valence-corrected chi connectivity index (χ4v) is 1.55. The first-order valence-corrected chi connectivity index (χ1v) is 5.80. The molecule has 0 aliphatic heterocycles. The van der Waals surface area contributed by atoms with Gasteiger partial charge in [0.1, 0.15) is 11.5 Å². The number of benzene rings is 1. The summed E-state index contributed by atoms with van der Waals surface area (Å²) < 4.78 is 32.7. The number of phenolic OH excluding ortho intramolecular Hbond substituents is 2. The van der Waals surface area contributed by atoms with E-state index in [1.807, 2.05) is 0 Å². The normalized spacial score (nSPS) is 13.1. The Morgan fingerprint density at radius 3 is 2.41 bits per heavy atom. The van der Waals surface area contributed by atoms with Crippen LogP contribution in [0.15, 0.2) is 18.2 Å². The third kappa shape index (κ3) is 3.61. The molecule has 0 aromatic heterocycles. The number of carbonyl (C=O) groups excluding carboxylic acids is 1. The molecule has 0 saturated carbocycles. The average Bonchev–Trinajstić information content (AvgIpc) is 2.14. The quantitative estimate of drug-likeness (QED) is 0.680. The van der Waals surface area contributed by atoms with E-state index in [1.54, 1.807) is 0 Å². The summed E-state index contributed by atoms with van der Waals surface area (Å²) in [5.41, 5.74) is 0.0662. The summed E-state index contributed by atoms with van der Waals surface area (Å²) in [6.45, 7) is 1.28.